The van der Waals surface area contributed by atoms with Crippen LogP contribution in [0.25, 0.3) is 10.2 Å². The van der Waals surface area contributed by atoms with Gasteiger partial charge < -0.3 is 10.1 Å². The lowest BCUT2D eigenvalue weighted by Crippen LogP contribution is -2.25. The average molecular weight is 262 g/mol. The summed E-state index contributed by atoms with van der Waals surface area (Å²) < 4.78 is 6.68. The van der Waals surface area contributed by atoms with Crippen LogP contribution in [-0.2, 0) is 4.74 Å². The molecule has 0 amide bonds. The molecule has 1 fully saturated rings. The maximum atomic E-state index is 5.43. The Morgan fingerprint density at radius 1 is 1.50 bits per heavy atom. The zero-order valence-corrected chi connectivity index (χ0v) is 11.6. The topological polar surface area (TPSA) is 34.1 Å². The number of aryl methyl sites for hydroxylation is 1. The number of fused-ring (bicyclic) bond motifs is 1. The van der Waals surface area contributed by atoms with E-state index in [-0.39, 0.29) is 0 Å². The number of ether oxygens (including phenoxy) is 1. The molecule has 3 nitrogen and oxygen atoms in total. The van der Waals surface area contributed by atoms with E-state index < -0.39 is 0 Å². The number of thiazole rings is 1. The molecule has 1 aliphatic heterocycles. The lowest BCUT2D eigenvalue weighted by molar-refractivity contribution is 0.183. The minimum absolute atomic E-state index is 0.425. The lowest BCUT2D eigenvalue weighted by Gasteiger charge is -2.18. The van der Waals surface area contributed by atoms with Crippen molar-refractivity contribution >= 4 is 26.7 Å². The Morgan fingerprint density at radius 2 is 2.39 bits per heavy atom. The van der Waals surface area contributed by atoms with Crippen LogP contribution in [0.2, 0.25) is 0 Å². The minimum atomic E-state index is 0.425. The van der Waals surface area contributed by atoms with Crippen LogP contribution in [0.4, 0.5) is 5.13 Å². The Morgan fingerprint density at radius 3 is 3.17 bits per heavy atom. The van der Waals surface area contributed by atoms with Crippen molar-refractivity contribution in [2.75, 3.05) is 18.5 Å². The van der Waals surface area contributed by atoms with Crippen molar-refractivity contribution in [3.8, 4) is 0 Å². The molecule has 1 aromatic heterocycles. The first-order valence-electron chi connectivity index (χ1n) is 6.44. The van der Waals surface area contributed by atoms with Crippen molar-refractivity contribution in [2.45, 2.75) is 26.3 Å². The van der Waals surface area contributed by atoms with Crippen LogP contribution >= 0.6 is 11.3 Å². The first-order chi connectivity index (χ1) is 8.72. The highest BCUT2D eigenvalue weighted by Gasteiger charge is 2.22. The van der Waals surface area contributed by atoms with Gasteiger partial charge in [0.15, 0.2) is 5.13 Å². The summed E-state index contributed by atoms with van der Waals surface area (Å²) in [6.45, 7) is 6.09. The van der Waals surface area contributed by atoms with Gasteiger partial charge in [-0.25, -0.2) is 4.98 Å². The predicted octanol–water partition coefficient (Wildman–Crippen LogP) is 3.44. The Kier molecular flexibility index (Phi) is 3.22. The summed E-state index contributed by atoms with van der Waals surface area (Å²) in [5.74, 6) is 0.610. The van der Waals surface area contributed by atoms with Crippen LogP contribution in [-0.4, -0.2) is 24.2 Å². The van der Waals surface area contributed by atoms with Crippen LogP contribution in [0.1, 0.15) is 18.9 Å². The number of aromatic nitrogens is 1. The lowest BCUT2D eigenvalue weighted by atomic mass is 10.0. The molecule has 1 aliphatic rings. The Hall–Kier alpha value is -1.13. The van der Waals surface area contributed by atoms with Crippen LogP contribution in [0.3, 0.4) is 0 Å². The van der Waals surface area contributed by atoms with Gasteiger partial charge in [-0.2, -0.15) is 0 Å². The Balaban J connectivity index is 1.77. The Bertz CT molecular complexity index is 546. The van der Waals surface area contributed by atoms with Crippen molar-refractivity contribution in [3.63, 3.8) is 0 Å². The molecule has 1 N–H and O–H groups in total. The number of anilines is 1. The van der Waals surface area contributed by atoms with Gasteiger partial charge >= 0.3 is 0 Å². The van der Waals surface area contributed by atoms with Crippen molar-refractivity contribution in [1.29, 1.82) is 0 Å². The molecule has 2 atom stereocenters. The summed E-state index contributed by atoms with van der Waals surface area (Å²) in [5.41, 5.74) is 2.36. The molecule has 0 bridgehead atoms. The van der Waals surface area contributed by atoms with Crippen molar-refractivity contribution in [3.05, 3.63) is 23.8 Å². The second-order valence-corrected chi connectivity index (χ2v) is 6.08. The summed E-state index contributed by atoms with van der Waals surface area (Å²) in [4.78, 5) is 4.65. The highest BCUT2D eigenvalue weighted by Crippen LogP contribution is 2.28. The highest BCUT2D eigenvalue weighted by molar-refractivity contribution is 7.22. The van der Waals surface area contributed by atoms with Crippen LogP contribution < -0.4 is 5.32 Å². The summed E-state index contributed by atoms with van der Waals surface area (Å²) in [7, 11) is 0. The molecule has 96 valence electrons. The van der Waals surface area contributed by atoms with E-state index in [1.54, 1.807) is 11.3 Å². The molecule has 4 heteroatoms. The predicted molar refractivity (Wildman–Crippen MR) is 76.4 cm³/mol. The average Bonchev–Trinajstić information content (AvgIpc) is 2.95. The first kappa shape index (κ1) is 11.9. The molecule has 2 heterocycles. The van der Waals surface area contributed by atoms with Crippen LogP contribution in [0.5, 0.6) is 0 Å². The third kappa shape index (κ3) is 2.35. The molecular formula is C14H18N2OS. The monoisotopic (exact) mass is 262 g/mol. The van der Waals surface area contributed by atoms with E-state index in [1.165, 1.54) is 10.3 Å². The third-order valence-electron chi connectivity index (χ3n) is 3.57. The van der Waals surface area contributed by atoms with Crippen molar-refractivity contribution in [1.82, 2.24) is 4.98 Å². The third-order valence-corrected chi connectivity index (χ3v) is 4.53. The quantitative estimate of drug-likeness (QED) is 0.920. The highest BCUT2D eigenvalue weighted by atomic mass is 32.1. The van der Waals surface area contributed by atoms with Gasteiger partial charge in [0.2, 0.25) is 0 Å². The molecule has 0 saturated carbocycles. The van der Waals surface area contributed by atoms with E-state index in [4.69, 9.17) is 4.74 Å². The molecule has 3 rings (SSSR count). The van der Waals surface area contributed by atoms with Gasteiger partial charge in [-0.15, -0.1) is 0 Å². The van der Waals surface area contributed by atoms with E-state index in [2.05, 4.69) is 42.3 Å². The molecule has 0 radical (unpaired) electrons. The zero-order chi connectivity index (χ0) is 12.5. The van der Waals surface area contributed by atoms with E-state index in [9.17, 15) is 0 Å². The van der Waals surface area contributed by atoms with Gasteiger partial charge in [0.1, 0.15) is 0 Å². The smallest absolute Gasteiger partial charge is 0.184 e. The normalized spacial score (nSPS) is 21.3. The summed E-state index contributed by atoms with van der Waals surface area (Å²) >= 11 is 1.73. The largest absolute Gasteiger partial charge is 0.381 e. The molecule has 18 heavy (non-hydrogen) atoms. The standard InChI is InChI=1S/C14H18N2OS/c1-9-3-4-13-12(7-9)16-14(18-13)15-10(2)11-5-6-17-8-11/h3-4,7,10-11H,5-6,8H2,1-2H3,(H,15,16). The van der Waals surface area contributed by atoms with E-state index in [0.29, 0.717) is 12.0 Å². The fourth-order valence-electron chi connectivity index (χ4n) is 2.36. The van der Waals surface area contributed by atoms with Crippen LogP contribution in [0.15, 0.2) is 18.2 Å². The number of benzene rings is 1. The summed E-state index contributed by atoms with van der Waals surface area (Å²) in [6, 6.07) is 6.85. The van der Waals surface area contributed by atoms with Gasteiger partial charge in [-0.3, -0.25) is 0 Å². The number of nitrogens with one attached hydrogen (secondary N) is 1. The number of nitrogens with zero attached hydrogens (tertiary/aromatic N) is 1. The summed E-state index contributed by atoms with van der Waals surface area (Å²) in [6.07, 6.45) is 1.15. The molecule has 2 aromatic rings. The minimum Gasteiger partial charge on any atom is -0.381 e. The fraction of sp³-hybridized carbons (Fsp3) is 0.500. The molecule has 0 spiro atoms. The number of rotatable bonds is 3. The van der Waals surface area contributed by atoms with Gasteiger partial charge in [-0.05, 0) is 38.0 Å². The zero-order valence-electron chi connectivity index (χ0n) is 10.8. The van der Waals surface area contributed by atoms with Gasteiger partial charge in [0.05, 0.1) is 16.8 Å². The molecule has 2 unspecified atom stereocenters. The fourth-order valence-corrected chi connectivity index (χ4v) is 3.30. The molecule has 1 saturated heterocycles. The van der Waals surface area contributed by atoms with Gasteiger partial charge in [0.25, 0.3) is 0 Å². The molecule has 1 aromatic carbocycles. The van der Waals surface area contributed by atoms with E-state index in [0.717, 1.165) is 30.3 Å². The number of hydrogen-bond acceptors (Lipinski definition) is 4. The molecule has 0 aliphatic carbocycles. The maximum Gasteiger partial charge on any atom is 0.184 e. The van der Waals surface area contributed by atoms with E-state index >= 15 is 0 Å². The van der Waals surface area contributed by atoms with Crippen molar-refractivity contribution in [2.24, 2.45) is 5.92 Å². The van der Waals surface area contributed by atoms with Crippen LogP contribution in [0, 0.1) is 12.8 Å². The number of hydrogen-bond donors (Lipinski definition) is 1. The molecular weight excluding hydrogens is 244 g/mol. The van der Waals surface area contributed by atoms with E-state index in [1.807, 2.05) is 0 Å². The first-order valence-corrected chi connectivity index (χ1v) is 7.25. The van der Waals surface area contributed by atoms with Gasteiger partial charge in [0, 0.05) is 18.6 Å². The summed E-state index contributed by atoms with van der Waals surface area (Å²) in [5, 5.41) is 4.54. The maximum absolute atomic E-state index is 5.43. The second-order valence-electron chi connectivity index (χ2n) is 5.05. The SMILES string of the molecule is Cc1ccc2sc(NC(C)C3CCOC3)nc2c1. The Labute approximate surface area is 111 Å². The second kappa shape index (κ2) is 4.86. The van der Waals surface area contributed by atoms with Crippen molar-refractivity contribution < 1.29 is 4.74 Å². The van der Waals surface area contributed by atoms with Gasteiger partial charge in [-0.1, -0.05) is 17.4 Å².